The number of benzene rings is 2. The van der Waals surface area contributed by atoms with Crippen LogP contribution >= 0.6 is 0 Å². The number of piperazine rings is 1. The number of anilines is 1. The fourth-order valence-corrected chi connectivity index (χ4v) is 5.38. The van der Waals surface area contributed by atoms with Gasteiger partial charge in [0.1, 0.15) is 0 Å². The third kappa shape index (κ3) is 4.11. The van der Waals surface area contributed by atoms with Gasteiger partial charge in [-0.25, -0.2) is 8.42 Å². The van der Waals surface area contributed by atoms with Gasteiger partial charge in [0.25, 0.3) is 0 Å². The molecule has 0 unspecified atom stereocenters. The largest absolute Gasteiger partial charge is 0.312 e. The Hall–Kier alpha value is -3.04. The summed E-state index contributed by atoms with van der Waals surface area (Å²) in [6.07, 6.45) is 1.08. The summed E-state index contributed by atoms with van der Waals surface area (Å²) in [5, 5.41) is 0. The lowest BCUT2D eigenvalue weighted by Gasteiger charge is -2.32. The molecule has 0 radical (unpaired) electrons. The van der Waals surface area contributed by atoms with Gasteiger partial charge in [-0.05, 0) is 42.2 Å². The molecule has 0 aliphatic carbocycles. The normalized spacial score (nSPS) is 17.2. The van der Waals surface area contributed by atoms with Gasteiger partial charge in [-0.15, -0.1) is 0 Å². The zero-order valence-electron chi connectivity index (χ0n) is 17.2. The van der Waals surface area contributed by atoms with Crippen molar-refractivity contribution < 1.29 is 22.8 Å². The summed E-state index contributed by atoms with van der Waals surface area (Å²) in [6.45, 7) is 1.44. The molecule has 0 aromatic heterocycles. The zero-order valence-corrected chi connectivity index (χ0v) is 18.0. The molecule has 8 nitrogen and oxygen atoms in total. The Morgan fingerprint density at radius 3 is 2.32 bits per heavy atom. The highest BCUT2D eigenvalue weighted by molar-refractivity contribution is 7.89. The molecule has 0 bridgehead atoms. The predicted molar refractivity (Wildman–Crippen MR) is 114 cm³/mol. The highest BCUT2D eigenvalue weighted by Gasteiger charge is 2.38. The molecule has 9 heteroatoms. The van der Waals surface area contributed by atoms with E-state index in [0.717, 1.165) is 20.3 Å². The second-order valence-electron chi connectivity index (χ2n) is 7.66. The molecule has 2 aliphatic rings. The molecule has 2 aromatic carbocycles. The van der Waals surface area contributed by atoms with E-state index in [1.165, 1.54) is 19.1 Å². The van der Waals surface area contributed by atoms with Crippen molar-refractivity contribution in [1.82, 2.24) is 9.21 Å². The summed E-state index contributed by atoms with van der Waals surface area (Å²) >= 11 is 0. The van der Waals surface area contributed by atoms with Crippen LogP contribution in [0.4, 0.5) is 5.69 Å². The molecular formula is C22H23N3O5S. The average molecular weight is 442 g/mol. The number of carbonyl (C=O) groups excluding carboxylic acids is 3. The van der Waals surface area contributed by atoms with Gasteiger partial charge in [-0.3, -0.25) is 19.3 Å². The van der Waals surface area contributed by atoms with E-state index in [0.29, 0.717) is 25.1 Å². The number of fused-ring (bicyclic) bond motifs is 1. The minimum atomic E-state index is -4.02. The molecule has 0 saturated carbocycles. The summed E-state index contributed by atoms with van der Waals surface area (Å²) in [5.74, 6) is -1.16. The van der Waals surface area contributed by atoms with Gasteiger partial charge in [-0.2, -0.15) is 4.31 Å². The number of imide groups is 1. The van der Waals surface area contributed by atoms with E-state index >= 15 is 0 Å². The topological polar surface area (TPSA) is 95.1 Å². The predicted octanol–water partition coefficient (Wildman–Crippen LogP) is 1.20. The fraction of sp³-hybridized carbons (Fsp3) is 0.318. The first kappa shape index (κ1) is 21.2. The van der Waals surface area contributed by atoms with Crippen LogP contribution in [0.3, 0.4) is 0 Å². The van der Waals surface area contributed by atoms with E-state index in [4.69, 9.17) is 0 Å². The van der Waals surface area contributed by atoms with Crippen molar-refractivity contribution in [2.24, 2.45) is 0 Å². The quantitative estimate of drug-likeness (QED) is 0.650. The van der Waals surface area contributed by atoms with Crippen molar-refractivity contribution in [3.63, 3.8) is 0 Å². The second kappa shape index (κ2) is 8.24. The molecule has 2 aliphatic heterocycles. The van der Waals surface area contributed by atoms with Crippen LogP contribution in [-0.4, -0.2) is 61.5 Å². The van der Waals surface area contributed by atoms with Crippen molar-refractivity contribution >= 4 is 33.4 Å². The van der Waals surface area contributed by atoms with E-state index in [-0.39, 0.29) is 30.4 Å². The van der Waals surface area contributed by atoms with Crippen molar-refractivity contribution in [2.45, 2.75) is 24.7 Å². The van der Waals surface area contributed by atoms with Crippen molar-refractivity contribution in [3.8, 4) is 0 Å². The molecule has 2 heterocycles. The standard InChI is InChI=1S/C22H23N3O5S/c1-16(26)24-12-10-18-13-19(7-8-20(18)24)31(29,30)23-14-21(27)25(22(28)15-23)11-9-17-5-3-2-4-6-17/h2-8,13H,9-12,14-15H2,1H3. The van der Waals surface area contributed by atoms with E-state index in [1.807, 2.05) is 30.3 Å². The van der Waals surface area contributed by atoms with Crippen LogP contribution in [0.15, 0.2) is 53.4 Å². The zero-order chi connectivity index (χ0) is 22.2. The summed E-state index contributed by atoms with van der Waals surface area (Å²) in [6, 6.07) is 14.0. The van der Waals surface area contributed by atoms with Gasteiger partial charge < -0.3 is 4.90 Å². The Labute approximate surface area is 181 Å². The molecule has 162 valence electrons. The second-order valence-corrected chi connectivity index (χ2v) is 9.60. The van der Waals surface area contributed by atoms with E-state index in [1.54, 1.807) is 11.0 Å². The van der Waals surface area contributed by atoms with Crippen LogP contribution in [0.2, 0.25) is 0 Å². The maximum atomic E-state index is 13.1. The molecule has 0 N–H and O–H groups in total. The molecule has 31 heavy (non-hydrogen) atoms. The number of hydrogen-bond acceptors (Lipinski definition) is 5. The number of sulfonamides is 1. The fourth-order valence-electron chi connectivity index (χ4n) is 3.99. The summed E-state index contributed by atoms with van der Waals surface area (Å²) in [7, 11) is -4.02. The van der Waals surface area contributed by atoms with Crippen LogP contribution in [-0.2, 0) is 37.2 Å². The number of amides is 3. The molecule has 1 saturated heterocycles. The maximum Gasteiger partial charge on any atom is 0.244 e. The smallest absolute Gasteiger partial charge is 0.244 e. The third-order valence-corrected chi connectivity index (χ3v) is 7.44. The van der Waals surface area contributed by atoms with Crippen molar-refractivity contribution in [1.29, 1.82) is 0 Å². The highest BCUT2D eigenvalue weighted by atomic mass is 32.2. The Balaban J connectivity index is 1.48. The molecule has 0 atom stereocenters. The first-order valence-corrected chi connectivity index (χ1v) is 11.5. The van der Waals surface area contributed by atoms with Crippen molar-refractivity contribution in [3.05, 3.63) is 59.7 Å². The van der Waals surface area contributed by atoms with Crippen LogP contribution < -0.4 is 4.90 Å². The number of carbonyl (C=O) groups is 3. The Morgan fingerprint density at radius 1 is 1.00 bits per heavy atom. The summed E-state index contributed by atoms with van der Waals surface area (Å²) in [5.41, 5.74) is 2.45. The number of hydrogen-bond donors (Lipinski definition) is 0. The average Bonchev–Trinajstić information content (AvgIpc) is 3.17. The first-order valence-electron chi connectivity index (χ1n) is 10.1. The lowest BCUT2D eigenvalue weighted by Crippen LogP contribution is -2.55. The molecule has 4 rings (SSSR count). The van der Waals surface area contributed by atoms with Gasteiger partial charge in [0.2, 0.25) is 27.7 Å². The molecule has 1 fully saturated rings. The molecule has 3 amide bonds. The van der Waals surface area contributed by atoms with Gasteiger partial charge in [0.05, 0.1) is 18.0 Å². The van der Waals surface area contributed by atoms with E-state index < -0.39 is 21.8 Å². The SMILES string of the molecule is CC(=O)N1CCc2cc(S(=O)(=O)N3CC(=O)N(CCc4ccccc4)C(=O)C3)ccc21. The van der Waals surface area contributed by atoms with Crippen LogP contribution in [0.5, 0.6) is 0 Å². The van der Waals surface area contributed by atoms with Gasteiger partial charge in [0, 0.05) is 25.7 Å². The van der Waals surface area contributed by atoms with Crippen LogP contribution in [0, 0.1) is 0 Å². The van der Waals surface area contributed by atoms with Gasteiger partial charge in [0.15, 0.2) is 0 Å². The van der Waals surface area contributed by atoms with Gasteiger partial charge >= 0.3 is 0 Å². The summed E-state index contributed by atoms with van der Waals surface area (Å²) in [4.78, 5) is 39.6. The number of rotatable bonds is 5. The maximum absolute atomic E-state index is 13.1. The monoisotopic (exact) mass is 441 g/mol. The lowest BCUT2D eigenvalue weighted by atomic mass is 10.1. The Bertz CT molecular complexity index is 1130. The van der Waals surface area contributed by atoms with E-state index in [9.17, 15) is 22.8 Å². The van der Waals surface area contributed by atoms with Crippen LogP contribution in [0.1, 0.15) is 18.1 Å². The van der Waals surface area contributed by atoms with Crippen molar-refractivity contribution in [2.75, 3.05) is 31.1 Å². The number of nitrogens with zero attached hydrogens (tertiary/aromatic N) is 3. The van der Waals surface area contributed by atoms with Crippen LogP contribution in [0.25, 0.3) is 0 Å². The Kier molecular flexibility index (Phi) is 5.63. The molecule has 2 aromatic rings. The molecular weight excluding hydrogens is 418 g/mol. The minimum Gasteiger partial charge on any atom is -0.312 e. The Morgan fingerprint density at radius 2 is 1.68 bits per heavy atom. The van der Waals surface area contributed by atoms with E-state index in [2.05, 4.69) is 0 Å². The third-order valence-electron chi connectivity index (χ3n) is 5.66. The molecule has 0 spiro atoms. The lowest BCUT2D eigenvalue weighted by molar-refractivity contribution is -0.149. The summed E-state index contributed by atoms with van der Waals surface area (Å²) < 4.78 is 27.1. The highest BCUT2D eigenvalue weighted by Crippen LogP contribution is 2.31. The van der Waals surface area contributed by atoms with Gasteiger partial charge in [-0.1, -0.05) is 30.3 Å². The first-order chi connectivity index (χ1) is 14.8. The minimum absolute atomic E-state index is 0.0231.